The van der Waals surface area contributed by atoms with Crippen molar-refractivity contribution in [3.63, 3.8) is 0 Å². The van der Waals surface area contributed by atoms with Crippen LogP contribution in [-0.2, 0) is 0 Å². The molecule has 2 bridgehead atoms. The fourth-order valence-corrected chi connectivity index (χ4v) is 5.96. The first kappa shape index (κ1) is 19.0. The lowest BCUT2D eigenvalue weighted by Gasteiger charge is -2.47. The second kappa shape index (κ2) is 7.19. The molecule has 3 heteroatoms. The maximum Gasteiger partial charge on any atom is 0.252 e. The third-order valence-corrected chi connectivity index (χ3v) is 8.05. The van der Waals surface area contributed by atoms with Crippen molar-refractivity contribution < 1.29 is 4.79 Å². The van der Waals surface area contributed by atoms with Gasteiger partial charge in [-0.3, -0.25) is 4.79 Å². The van der Waals surface area contributed by atoms with Gasteiger partial charge < -0.3 is 5.32 Å². The third-order valence-electron chi connectivity index (χ3n) is 8.05. The zero-order valence-electron chi connectivity index (χ0n) is 18.3. The minimum Gasteiger partial charge on any atom is -0.347 e. The normalized spacial score (nSPS) is 25.0. The fraction of sp³-hybridized carbons (Fsp3) is 0.429. The van der Waals surface area contributed by atoms with E-state index >= 15 is 0 Å². The molecule has 4 fully saturated rings. The molecule has 7 rings (SSSR count). The molecule has 1 heterocycles. The van der Waals surface area contributed by atoms with Gasteiger partial charge in [0, 0.05) is 16.5 Å². The van der Waals surface area contributed by atoms with Crippen LogP contribution in [0.25, 0.3) is 22.2 Å². The smallest absolute Gasteiger partial charge is 0.252 e. The molecule has 31 heavy (non-hydrogen) atoms. The van der Waals surface area contributed by atoms with Gasteiger partial charge in [0.25, 0.3) is 5.91 Å². The van der Waals surface area contributed by atoms with Crippen LogP contribution in [0.15, 0.2) is 48.5 Å². The molecule has 3 nitrogen and oxygen atoms in total. The molecular formula is C28H30N2O. The molecule has 1 N–H and O–H groups in total. The maximum atomic E-state index is 13.9. The number of pyridine rings is 1. The van der Waals surface area contributed by atoms with Gasteiger partial charge in [-0.05, 0) is 93.4 Å². The predicted octanol–water partition coefficient (Wildman–Crippen LogP) is 6.54. The Kier molecular flexibility index (Phi) is 4.41. The number of nitrogens with zero attached hydrogens (tertiary/aromatic N) is 1. The van der Waals surface area contributed by atoms with E-state index in [0.29, 0.717) is 5.92 Å². The number of nitrogens with one attached hydrogen (secondary N) is 1. The summed E-state index contributed by atoms with van der Waals surface area (Å²) in [5.41, 5.74) is 6.07. The number of hydrogen-bond acceptors (Lipinski definition) is 2. The number of benzene rings is 2. The Morgan fingerprint density at radius 3 is 2.35 bits per heavy atom. The molecule has 1 aromatic heterocycles. The fourth-order valence-electron chi connectivity index (χ4n) is 5.96. The standard InChI is InChI=1S/C28H30N2O/c1-18-25(27(31)30-28-14-11-19(12-15-28)13-16-28)23-17-22(20-7-8-20)9-10-24(23)29-26(18)21-5-3-2-4-6-21/h2-6,9-10,17,19-20H,7-8,11-16H2,1H3,(H,30,31). The highest BCUT2D eigenvalue weighted by Gasteiger charge is 2.41. The molecule has 0 radical (unpaired) electrons. The summed E-state index contributed by atoms with van der Waals surface area (Å²) in [5.74, 6) is 1.63. The van der Waals surface area contributed by atoms with Gasteiger partial charge in [-0.1, -0.05) is 36.4 Å². The van der Waals surface area contributed by atoms with E-state index in [1.807, 2.05) is 18.2 Å². The van der Waals surface area contributed by atoms with Gasteiger partial charge >= 0.3 is 0 Å². The lowest BCUT2D eigenvalue weighted by molar-refractivity contribution is 0.0715. The largest absolute Gasteiger partial charge is 0.347 e. The molecule has 0 saturated heterocycles. The highest BCUT2D eigenvalue weighted by atomic mass is 16.1. The van der Waals surface area contributed by atoms with Crippen LogP contribution in [0.2, 0.25) is 0 Å². The molecule has 0 aliphatic heterocycles. The molecule has 4 aliphatic rings. The summed E-state index contributed by atoms with van der Waals surface area (Å²) >= 11 is 0. The number of hydrogen-bond donors (Lipinski definition) is 1. The van der Waals surface area contributed by atoms with E-state index in [1.165, 1.54) is 37.7 Å². The van der Waals surface area contributed by atoms with Crippen molar-refractivity contribution in [2.24, 2.45) is 5.92 Å². The molecule has 158 valence electrons. The summed E-state index contributed by atoms with van der Waals surface area (Å²) in [6.07, 6.45) is 9.68. The summed E-state index contributed by atoms with van der Waals surface area (Å²) in [5, 5.41) is 4.56. The van der Waals surface area contributed by atoms with E-state index in [4.69, 9.17) is 4.98 Å². The topological polar surface area (TPSA) is 42.0 Å². The zero-order chi connectivity index (χ0) is 21.0. The van der Waals surface area contributed by atoms with Gasteiger partial charge in [-0.25, -0.2) is 4.98 Å². The van der Waals surface area contributed by atoms with Gasteiger partial charge in [0.15, 0.2) is 0 Å². The highest BCUT2D eigenvalue weighted by molar-refractivity contribution is 6.09. The van der Waals surface area contributed by atoms with Gasteiger partial charge in [0.1, 0.15) is 0 Å². The quantitative estimate of drug-likeness (QED) is 0.530. The van der Waals surface area contributed by atoms with Crippen molar-refractivity contribution in [3.8, 4) is 11.3 Å². The van der Waals surface area contributed by atoms with Crippen molar-refractivity contribution in [2.75, 3.05) is 0 Å². The van der Waals surface area contributed by atoms with Crippen LogP contribution < -0.4 is 5.32 Å². The average Bonchev–Trinajstić information content (AvgIpc) is 3.65. The van der Waals surface area contributed by atoms with Crippen LogP contribution in [0.5, 0.6) is 0 Å². The van der Waals surface area contributed by atoms with Crippen molar-refractivity contribution in [2.45, 2.75) is 69.7 Å². The van der Waals surface area contributed by atoms with Crippen molar-refractivity contribution in [3.05, 3.63) is 65.2 Å². The predicted molar refractivity (Wildman–Crippen MR) is 125 cm³/mol. The average molecular weight is 411 g/mol. The van der Waals surface area contributed by atoms with E-state index in [1.54, 1.807) is 0 Å². The minimum atomic E-state index is -0.00508. The molecule has 0 unspecified atom stereocenters. The number of carbonyl (C=O) groups is 1. The number of fused-ring (bicyclic) bond motifs is 4. The van der Waals surface area contributed by atoms with Crippen LogP contribution in [0.4, 0.5) is 0 Å². The number of rotatable bonds is 4. The Bertz CT molecular complexity index is 1140. The molecule has 3 aromatic rings. The summed E-state index contributed by atoms with van der Waals surface area (Å²) in [6, 6.07) is 16.8. The Morgan fingerprint density at radius 2 is 1.68 bits per heavy atom. The second-order valence-electron chi connectivity index (χ2n) is 10.1. The second-order valence-corrected chi connectivity index (χ2v) is 10.1. The molecule has 4 saturated carbocycles. The SMILES string of the molecule is Cc1c(-c2ccccc2)nc2ccc(C3CC3)cc2c1C(=O)NC12CCC(CC1)CC2. The Hall–Kier alpha value is -2.68. The van der Waals surface area contributed by atoms with Crippen molar-refractivity contribution in [1.82, 2.24) is 10.3 Å². The Morgan fingerprint density at radius 1 is 0.968 bits per heavy atom. The number of amides is 1. The lowest BCUT2D eigenvalue weighted by atomic mass is 9.65. The van der Waals surface area contributed by atoms with Crippen LogP contribution in [0.3, 0.4) is 0 Å². The van der Waals surface area contributed by atoms with Crippen molar-refractivity contribution >= 4 is 16.8 Å². The highest BCUT2D eigenvalue weighted by Crippen LogP contribution is 2.45. The minimum absolute atomic E-state index is 0.00508. The van der Waals surface area contributed by atoms with Gasteiger partial charge in [0.2, 0.25) is 0 Å². The van der Waals surface area contributed by atoms with Gasteiger partial charge in [0.05, 0.1) is 16.8 Å². The Balaban J connectivity index is 1.49. The van der Waals surface area contributed by atoms with E-state index in [-0.39, 0.29) is 11.4 Å². The summed E-state index contributed by atoms with van der Waals surface area (Å²) in [6.45, 7) is 2.07. The first-order valence-electron chi connectivity index (χ1n) is 11.9. The van der Waals surface area contributed by atoms with Crippen LogP contribution in [0, 0.1) is 12.8 Å². The van der Waals surface area contributed by atoms with Crippen LogP contribution in [0.1, 0.15) is 78.8 Å². The number of aromatic nitrogens is 1. The molecule has 2 aromatic carbocycles. The van der Waals surface area contributed by atoms with Gasteiger partial charge in [-0.2, -0.15) is 0 Å². The Labute approximate surface area is 184 Å². The molecule has 1 amide bonds. The maximum absolute atomic E-state index is 13.9. The summed E-state index contributed by atoms with van der Waals surface area (Å²) in [4.78, 5) is 18.9. The van der Waals surface area contributed by atoms with Crippen molar-refractivity contribution in [1.29, 1.82) is 0 Å². The van der Waals surface area contributed by atoms with Crippen LogP contribution in [-0.4, -0.2) is 16.4 Å². The van der Waals surface area contributed by atoms with E-state index < -0.39 is 0 Å². The first-order chi connectivity index (χ1) is 15.1. The lowest BCUT2D eigenvalue weighted by Crippen LogP contribution is -2.53. The third kappa shape index (κ3) is 3.35. The monoisotopic (exact) mass is 410 g/mol. The molecule has 0 atom stereocenters. The molecule has 0 spiro atoms. The number of carbonyl (C=O) groups excluding carboxylic acids is 1. The van der Waals surface area contributed by atoms with E-state index in [2.05, 4.69) is 42.6 Å². The first-order valence-corrected chi connectivity index (χ1v) is 11.9. The van der Waals surface area contributed by atoms with E-state index in [9.17, 15) is 4.79 Å². The molecule has 4 aliphatic carbocycles. The summed E-state index contributed by atoms with van der Waals surface area (Å²) < 4.78 is 0. The summed E-state index contributed by atoms with van der Waals surface area (Å²) in [7, 11) is 0. The zero-order valence-corrected chi connectivity index (χ0v) is 18.3. The van der Waals surface area contributed by atoms with Crippen LogP contribution >= 0.6 is 0 Å². The van der Waals surface area contributed by atoms with E-state index in [0.717, 1.165) is 58.5 Å². The van der Waals surface area contributed by atoms with Gasteiger partial charge in [-0.15, -0.1) is 0 Å². The molecular weight excluding hydrogens is 380 g/mol.